The van der Waals surface area contributed by atoms with Gasteiger partial charge in [0.15, 0.2) is 0 Å². The van der Waals surface area contributed by atoms with Crippen LogP contribution in [-0.2, 0) is 11.1 Å². The third-order valence-corrected chi connectivity index (χ3v) is 4.51. The lowest BCUT2D eigenvalue weighted by molar-refractivity contribution is -0.231. The Morgan fingerprint density at radius 1 is 1.18 bits per heavy atom. The lowest BCUT2D eigenvalue weighted by atomic mass is 9.90. The third kappa shape index (κ3) is 4.49. The van der Waals surface area contributed by atoms with Gasteiger partial charge < -0.3 is 29.9 Å². The Labute approximate surface area is 177 Å². The molecular weight excluding hydrogens is 384 g/mol. The maximum Gasteiger partial charge on any atom is 0.119 e. The number of hydrogen-bond acceptors (Lipinski definition) is 6. The van der Waals surface area contributed by atoms with Crippen LogP contribution in [0.15, 0.2) is 42.4 Å². The fourth-order valence-electron chi connectivity index (χ4n) is 2.76. The summed E-state index contributed by atoms with van der Waals surface area (Å²) in [5.74, 6) is 0.481. The summed E-state index contributed by atoms with van der Waals surface area (Å²) in [5.41, 5.74) is -1.23. The second-order valence-corrected chi connectivity index (χ2v) is 6.53. The van der Waals surface area contributed by atoms with Crippen LogP contribution in [-0.4, -0.2) is 58.1 Å². The van der Waals surface area contributed by atoms with Crippen LogP contribution in [0.1, 0.15) is 37.9 Å². The van der Waals surface area contributed by atoms with Gasteiger partial charge in [0.25, 0.3) is 0 Å². The first kappa shape index (κ1) is 14.3. The Bertz CT molecular complexity index is 1050. The van der Waals surface area contributed by atoms with Gasteiger partial charge in [-0.15, -0.1) is 0 Å². The van der Waals surface area contributed by atoms with Crippen LogP contribution in [0, 0.1) is 0 Å². The van der Waals surface area contributed by atoms with E-state index in [9.17, 15) is 20.4 Å². The highest BCUT2D eigenvalue weighted by atomic mass is 35.5. The molecule has 5 atom stereocenters. The van der Waals surface area contributed by atoms with E-state index in [-0.39, 0.29) is 5.56 Å². The average Bonchev–Trinajstić information content (AvgIpc) is 2.79. The third-order valence-electron chi connectivity index (χ3n) is 4.23. The van der Waals surface area contributed by atoms with Gasteiger partial charge in [0, 0.05) is 7.76 Å². The Hall–Kier alpha value is -1.67. The molecule has 28 heavy (non-hydrogen) atoms. The Kier molecular flexibility index (Phi) is 4.72. The molecule has 2 aromatic carbocycles. The highest BCUT2D eigenvalue weighted by Crippen LogP contribution is 2.34. The van der Waals surface area contributed by atoms with Crippen LogP contribution >= 0.6 is 11.6 Å². The van der Waals surface area contributed by atoms with E-state index < -0.39 is 77.8 Å². The SMILES string of the molecule is [2H]c1c([2H])c([C@]2([2H])O[C@H](CO)[C@@H](O)[C@H](O)[C@H]2O)c([2H])c(C([2H])([2H])c2ccc(OCC)cc2)c1Cl. The number of aliphatic hydroxyl groups is 4. The number of hydrogen-bond donors (Lipinski definition) is 4. The molecule has 6 nitrogen and oxygen atoms in total. The lowest BCUT2D eigenvalue weighted by Gasteiger charge is -2.40. The standard InChI is InChI=1S/C21H25ClO6/c1-2-27-15-6-3-12(4-7-15)9-14-10-13(5-8-16(14)22)21-20(26)19(25)18(24)17(11-23)28-21/h3-8,10,17-21,23-26H,2,9,11H2,1H3/t17-,18-,19+,20-,21+/m1/s1/i5D,8D,9D2,10D,21D. The smallest absolute Gasteiger partial charge is 0.119 e. The molecule has 0 aromatic heterocycles. The second-order valence-electron chi connectivity index (χ2n) is 6.15. The molecule has 7 heteroatoms. The van der Waals surface area contributed by atoms with Crippen molar-refractivity contribution >= 4 is 11.6 Å². The van der Waals surface area contributed by atoms with Crippen molar-refractivity contribution in [3.05, 3.63) is 64.1 Å². The predicted molar refractivity (Wildman–Crippen MR) is 105 cm³/mol. The molecule has 4 N–H and O–H groups in total. The highest BCUT2D eigenvalue weighted by molar-refractivity contribution is 6.31. The molecule has 1 aliphatic rings. The van der Waals surface area contributed by atoms with Gasteiger partial charge in [0.05, 0.1) is 18.7 Å². The summed E-state index contributed by atoms with van der Waals surface area (Å²) in [6, 6.07) is 3.53. The largest absolute Gasteiger partial charge is 0.494 e. The molecule has 0 aliphatic carbocycles. The quantitative estimate of drug-likeness (QED) is 0.575. The molecule has 3 rings (SSSR count). The van der Waals surface area contributed by atoms with E-state index >= 15 is 0 Å². The first-order valence-electron chi connectivity index (χ1n) is 11.7. The van der Waals surface area contributed by atoms with Crippen molar-refractivity contribution in [3.63, 3.8) is 0 Å². The van der Waals surface area contributed by atoms with Gasteiger partial charge in [-0.25, -0.2) is 0 Å². The minimum absolute atomic E-state index is 0.0438. The molecule has 0 bridgehead atoms. The summed E-state index contributed by atoms with van der Waals surface area (Å²) in [5, 5.41) is 39.8. The molecule has 0 saturated carbocycles. The molecule has 152 valence electrons. The second kappa shape index (κ2) is 9.22. The van der Waals surface area contributed by atoms with E-state index in [4.69, 9.17) is 29.3 Å². The van der Waals surface area contributed by atoms with Gasteiger partial charge in [-0.2, -0.15) is 0 Å². The Morgan fingerprint density at radius 2 is 1.89 bits per heavy atom. The minimum atomic E-state index is -2.79. The fraction of sp³-hybridized carbons (Fsp3) is 0.429. The molecule has 1 fully saturated rings. The van der Waals surface area contributed by atoms with Crippen LogP contribution in [0.4, 0.5) is 0 Å². The van der Waals surface area contributed by atoms with Crippen molar-refractivity contribution in [2.75, 3.05) is 13.2 Å². The van der Waals surface area contributed by atoms with E-state index in [0.29, 0.717) is 12.4 Å². The van der Waals surface area contributed by atoms with E-state index in [1.165, 1.54) is 24.3 Å². The molecule has 0 spiro atoms. The Balaban J connectivity index is 2.23. The summed E-state index contributed by atoms with van der Waals surface area (Å²) in [6.07, 6.45) is -12.8. The number of benzene rings is 2. The van der Waals surface area contributed by atoms with Gasteiger partial charge in [-0.3, -0.25) is 0 Å². The van der Waals surface area contributed by atoms with Gasteiger partial charge in [-0.1, -0.05) is 35.8 Å². The summed E-state index contributed by atoms with van der Waals surface area (Å²) in [6.45, 7) is 1.33. The van der Waals surface area contributed by atoms with E-state index in [0.717, 1.165) is 0 Å². The molecule has 0 unspecified atom stereocenters. The molecule has 0 amide bonds. The van der Waals surface area contributed by atoms with Crippen LogP contribution in [0.3, 0.4) is 0 Å². The van der Waals surface area contributed by atoms with E-state index in [1.54, 1.807) is 6.92 Å². The van der Waals surface area contributed by atoms with Crippen LogP contribution in [0.25, 0.3) is 0 Å². The molecule has 1 aliphatic heterocycles. The molecule has 2 aromatic rings. The van der Waals surface area contributed by atoms with Crippen molar-refractivity contribution in [1.29, 1.82) is 0 Å². The zero-order valence-corrected chi connectivity index (χ0v) is 15.8. The maximum absolute atomic E-state index is 10.6. The van der Waals surface area contributed by atoms with Crippen LogP contribution < -0.4 is 4.74 Å². The Morgan fingerprint density at radius 3 is 2.54 bits per heavy atom. The summed E-state index contributed by atoms with van der Waals surface area (Å²) in [4.78, 5) is 0. The van der Waals surface area contributed by atoms with Crippen LogP contribution in [0.2, 0.25) is 5.02 Å². The zero-order chi connectivity index (χ0) is 25.6. The highest BCUT2D eigenvalue weighted by Gasteiger charge is 2.43. The first-order valence-corrected chi connectivity index (χ1v) is 9.07. The average molecular weight is 415 g/mol. The molecule has 1 heterocycles. The molecular formula is C21H25ClO6. The monoisotopic (exact) mass is 414 g/mol. The van der Waals surface area contributed by atoms with E-state index in [1.807, 2.05) is 0 Å². The molecule has 0 radical (unpaired) electrons. The number of aliphatic hydroxyl groups excluding tert-OH is 4. The number of halogens is 1. The summed E-state index contributed by atoms with van der Waals surface area (Å²) in [7, 11) is 0. The van der Waals surface area contributed by atoms with Crippen molar-refractivity contribution in [2.24, 2.45) is 0 Å². The normalized spacial score (nSPS) is 33.8. The molecule has 1 saturated heterocycles. The van der Waals surface area contributed by atoms with Crippen LogP contribution in [0.5, 0.6) is 5.75 Å². The predicted octanol–water partition coefficient (Wildman–Crippen LogP) is 1.84. The van der Waals surface area contributed by atoms with Crippen molar-refractivity contribution in [2.45, 2.75) is 43.8 Å². The zero-order valence-electron chi connectivity index (χ0n) is 21.0. The maximum atomic E-state index is 10.6. The number of rotatable bonds is 6. The summed E-state index contributed by atoms with van der Waals surface area (Å²) >= 11 is 6.23. The van der Waals surface area contributed by atoms with Gasteiger partial charge in [0.1, 0.15) is 36.2 Å². The van der Waals surface area contributed by atoms with Crippen molar-refractivity contribution in [1.82, 2.24) is 0 Å². The first-order chi connectivity index (χ1) is 15.8. The van der Waals surface area contributed by atoms with Gasteiger partial charge in [0.2, 0.25) is 0 Å². The van der Waals surface area contributed by atoms with E-state index in [2.05, 4.69) is 0 Å². The van der Waals surface area contributed by atoms with Gasteiger partial charge >= 0.3 is 0 Å². The topological polar surface area (TPSA) is 99.4 Å². The fourth-order valence-corrected chi connectivity index (χ4v) is 2.90. The van der Waals surface area contributed by atoms with Crippen molar-refractivity contribution < 1.29 is 38.1 Å². The van der Waals surface area contributed by atoms with Crippen molar-refractivity contribution in [3.8, 4) is 5.75 Å². The minimum Gasteiger partial charge on any atom is -0.494 e. The number of ether oxygens (including phenoxy) is 2. The summed E-state index contributed by atoms with van der Waals surface area (Å²) < 4.78 is 61.9. The lowest BCUT2D eigenvalue weighted by Crippen LogP contribution is -2.55. The van der Waals surface area contributed by atoms with Gasteiger partial charge in [-0.05, 0) is 48.2 Å².